The SMILES string of the molecule is COc1cc2c(NCCn3cc(C)nn3)ncnc2c(OC)c1OC. The summed E-state index contributed by atoms with van der Waals surface area (Å²) in [6.07, 6.45) is 3.37. The van der Waals surface area contributed by atoms with Crippen LogP contribution in [-0.2, 0) is 6.54 Å². The second kappa shape index (κ2) is 7.20. The number of hydrogen-bond donors (Lipinski definition) is 1. The lowest BCUT2D eigenvalue weighted by molar-refractivity contribution is 0.327. The number of aryl methyl sites for hydroxylation is 1. The van der Waals surface area contributed by atoms with Gasteiger partial charge in [0.15, 0.2) is 11.5 Å². The molecule has 3 aromatic rings. The van der Waals surface area contributed by atoms with Crippen LogP contribution in [0, 0.1) is 6.92 Å². The minimum absolute atomic E-state index is 0.500. The summed E-state index contributed by atoms with van der Waals surface area (Å²) in [5.41, 5.74) is 1.53. The summed E-state index contributed by atoms with van der Waals surface area (Å²) in [5.74, 6) is 2.24. The minimum Gasteiger partial charge on any atom is -0.493 e. The Hall–Kier alpha value is -3.10. The van der Waals surface area contributed by atoms with Crippen molar-refractivity contribution < 1.29 is 14.2 Å². The van der Waals surface area contributed by atoms with Crippen molar-refractivity contribution in [1.29, 1.82) is 0 Å². The summed E-state index contributed by atoms with van der Waals surface area (Å²) in [6.45, 7) is 3.20. The molecule has 0 fully saturated rings. The smallest absolute Gasteiger partial charge is 0.205 e. The Labute approximate surface area is 144 Å². The third kappa shape index (κ3) is 3.25. The van der Waals surface area contributed by atoms with Gasteiger partial charge in [0, 0.05) is 12.7 Å². The number of fused-ring (bicyclic) bond motifs is 1. The van der Waals surface area contributed by atoms with E-state index in [-0.39, 0.29) is 0 Å². The van der Waals surface area contributed by atoms with Crippen LogP contribution in [0.15, 0.2) is 18.6 Å². The monoisotopic (exact) mass is 344 g/mol. The van der Waals surface area contributed by atoms with Crippen molar-refractivity contribution in [2.24, 2.45) is 0 Å². The van der Waals surface area contributed by atoms with Crippen LogP contribution < -0.4 is 19.5 Å². The highest BCUT2D eigenvalue weighted by Crippen LogP contribution is 2.43. The van der Waals surface area contributed by atoms with Crippen LogP contribution in [0.1, 0.15) is 5.69 Å². The Balaban J connectivity index is 1.92. The molecule has 1 N–H and O–H groups in total. The molecule has 2 heterocycles. The molecule has 0 saturated carbocycles. The van der Waals surface area contributed by atoms with Crippen LogP contribution in [0.2, 0.25) is 0 Å². The standard InChI is InChI=1S/C16H20N6O3/c1-10-8-22(21-20-10)6-5-17-16-11-7-12(23-2)14(24-3)15(25-4)13(11)18-9-19-16/h7-9H,5-6H2,1-4H3,(H,17,18,19). The number of nitrogens with one attached hydrogen (secondary N) is 1. The van der Waals surface area contributed by atoms with E-state index in [0.717, 1.165) is 11.1 Å². The summed E-state index contributed by atoms with van der Waals surface area (Å²) in [7, 11) is 4.71. The zero-order valence-corrected chi connectivity index (χ0v) is 14.6. The second-order valence-corrected chi connectivity index (χ2v) is 5.31. The van der Waals surface area contributed by atoms with Crippen molar-refractivity contribution in [2.75, 3.05) is 33.2 Å². The molecule has 0 aliphatic carbocycles. The van der Waals surface area contributed by atoms with Crippen LogP contribution in [0.3, 0.4) is 0 Å². The molecule has 0 aliphatic rings. The Morgan fingerprint density at radius 3 is 2.52 bits per heavy atom. The summed E-state index contributed by atoms with van der Waals surface area (Å²) >= 11 is 0. The van der Waals surface area contributed by atoms with Gasteiger partial charge in [-0.3, -0.25) is 4.68 Å². The van der Waals surface area contributed by atoms with E-state index in [4.69, 9.17) is 14.2 Å². The van der Waals surface area contributed by atoms with Gasteiger partial charge in [0.1, 0.15) is 17.7 Å². The highest BCUT2D eigenvalue weighted by Gasteiger charge is 2.19. The fourth-order valence-electron chi connectivity index (χ4n) is 2.60. The van der Waals surface area contributed by atoms with Gasteiger partial charge >= 0.3 is 0 Å². The van der Waals surface area contributed by atoms with Crippen molar-refractivity contribution in [3.63, 3.8) is 0 Å². The van der Waals surface area contributed by atoms with Crippen molar-refractivity contribution >= 4 is 16.7 Å². The molecule has 132 valence electrons. The normalized spacial score (nSPS) is 10.7. The van der Waals surface area contributed by atoms with Crippen molar-refractivity contribution in [3.8, 4) is 17.2 Å². The molecule has 2 aromatic heterocycles. The first kappa shape index (κ1) is 16.7. The summed E-state index contributed by atoms with van der Waals surface area (Å²) in [6, 6.07) is 1.83. The lowest BCUT2D eigenvalue weighted by Gasteiger charge is -2.15. The second-order valence-electron chi connectivity index (χ2n) is 5.31. The van der Waals surface area contributed by atoms with Gasteiger partial charge < -0.3 is 19.5 Å². The van der Waals surface area contributed by atoms with Crippen molar-refractivity contribution in [2.45, 2.75) is 13.5 Å². The Morgan fingerprint density at radius 1 is 1.08 bits per heavy atom. The number of ether oxygens (including phenoxy) is 3. The predicted molar refractivity (Wildman–Crippen MR) is 92.4 cm³/mol. The van der Waals surface area contributed by atoms with Gasteiger partial charge in [0.25, 0.3) is 0 Å². The molecule has 0 amide bonds. The maximum absolute atomic E-state index is 5.48. The first-order valence-corrected chi connectivity index (χ1v) is 7.72. The molecular formula is C16H20N6O3. The summed E-state index contributed by atoms with van der Waals surface area (Å²) < 4.78 is 18.1. The average molecular weight is 344 g/mol. The largest absolute Gasteiger partial charge is 0.493 e. The Kier molecular flexibility index (Phi) is 4.82. The lowest BCUT2D eigenvalue weighted by Crippen LogP contribution is -2.12. The number of methoxy groups -OCH3 is 3. The van der Waals surface area contributed by atoms with Crippen LogP contribution in [0.5, 0.6) is 17.2 Å². The van der Waals surface area contributed by atoms with E-state index >= 15 is 0 Å². The van der Waals surface area contributed by atoms with Crippen LogP contribution in [0.25, 0.3) is 10.9 Å². The molecule has 0 aliphatic heterocycles. The van der Waals surface area contributed by atoms with Gasteiger partial charge in [-0.05, 0) is 13.0 Å². The molecule has 9 heteroatoms. The van der Waals surface area contributed by atoms with E-state index < -0.39 is 0 Å². The Morgan fingerprint density at radius 2 is 1.88 bits per heavy atom. The molecule has 0 unspecified atom stereocenters. The average Bonchev–Trinajstić information content (AvgIpc) is 3.05. The number of hydrogen-bond acceptors (Lipinski definition) is 8. The van der Waals surface area contributed by atoms with Crippen molar-refractivity contribution in [3.05, 3.63) is 24.3 Å². The maximum Gasteiger partial charge on any atom is 0.205 e. The molecule has 1 aromatic carbocycles. The zero-order chi connectivity index (χ0) is 17.8. The first-order chi connectivity index (χ1) is 12.2. The van der Waals surface area contributed by atoms with Gasteiger partial charge in [-0.15, -0.1) is 5.10 Å². The number of benzene rings is 1. The molecule has 0 radical (unpaired) electrons. The van der Waals surface area contributed by atoms with Crippen LogP contribution >= 0.6 is 0 Å². The third-order valence-corrected chi connectivity index (χ3v) is 3.72. The van der Waals surface area contributed by atoms with E-state index in [9.17, 15) is 0 Å². The molecule has 0 atom stereocenters. The van der Waals surface area contributed by atoms with Crippen molar-refractivity contribution in [1.82, 2.24) is 25.0 Å². The van der Waals surface area contributed by atoms with Gasteiger partial charge in [-0.25, -0.2) is 9.97 Å². The van der Waals surface area contributed by atoms with E-state index in [1.807, 2.05) is 19.2 Å². The highest BCUT2D eigenvalue weighted by molar-refractivity contribution is 5.96. The number of anilines is 1. The topological polar surface area (TPSA) is 96.2 Å². The molecular weight excluding hydrogens is 324 g/mol. The van der Waals surface area contributed by atoms with Crippen LogP contribution in [0.4, 0.5) is 5.82 Å². The highest BCUT2D eigenvalue weighted by atomic mass is 16.5. The van der Waals surface area contributed by atoms with Gasteiger partial charge in [0.05, 0.1) is 39.0 Å². The summed E-state index contributed by atoms with van der Waals surface area (Å²) in [5, 5.41) is 12.1. The van der Waals surface area contributed by atoms with Gasteiger partial charge in [0.2, 0.25) is 5.75 Å². The quantitative estimate of drug-likeness (QED) is 0.691. The molecule has 0 saturated heterocycles. The maximum atomic E-state index is 5.48. The fraction of sp³-hybridized carbons (Fsp3) is 0.375. The van der Waals surface area contributed by atoms with E-state index in [0.29, 0.717) is 41.7 Å². The molecule has 0 bridgehead atoms. The summed E-state index contributed by atoms with van der Waals surface area (Å²) in [4.78, 5) is 8.66. The Bertz CT molecular complexity index is 880. The van der Waals surface area contributed by atoms with E-state index in [1.165, 1.54) is 6.33 Å². The fourth-order valence-corrected chi connectivity index (χ4v) is 2.60. The molecule has 3 rings (SSSR count). The van der Waals surface area contributed by atoms with E-state index in [2.05, 4.69) is 25.6 Å². The molecule has 9 nitrogen and oxygen atoms in total. The number of rotatable bonds is 7. The molecule has 0 spiro atoms. The zero-order valence-electron chi connectivity index (χ0n) is 14.6. The number of nitrogens with zero attached hydrogens (tertiary/aromatic N) is 5. The molecule has 25 heavy (non-hydrogen) atoms. The lowest BCUT2D eigenvalue weighted by atomic mass is 10.2. The van der Waals surface area contributed by atoms with E-state index in [1.54, 1.807) is 26.0 Å². The van der Waals surface area contributed by atoms with Gasteiger partial charge in [-0.1, -0.05) is 5.21 Å². The minimum atomic E-state index is 0.500. The predicted octanol–water partition coefficient (Wildman–Crippen LogP) is 1.67. The first-order valence-electron chi connectivity index (χ1n) is 7.72. The van der Waals surface area contributed by atoms with Gasteiger partial charge in [-0.2, -0.15) is 0 Å². The van der Waals surface area contributed by atoms with Crippen LogP contribution in [-0.4, -0.2) is 52.8 Å². The third-order valence-electron chi connectivity index (χ3n) is 3.72. The number of aromatic nitrogens is 5.